The van der Waals surface area contributed by atoms with E-state index in [9.17, 15) is 5.11 Å². The van der Waals surface area contributed by atoms with Gasteiger partial charge in [-0.15, -0.1) is 0 Å². The first-order chi connectivity index (χ1) is 9.75. The van der Waals surface area contributed by atoms with E-state index in [1.807, 2.05) is 12.1 Å². The Morgan fingerprint density at radius 3 is 2.85 bits per heavy atom. The van der Waals surface area contributed by atoms with Crippen LogP contribution in [0.4, 0.5) is 0 Å². The average molecular weight is 273 g/mol. The van der Waals surface area contributed by atoms with Crippen LogP contribution in [0, 0.1) is 12.8 Å². The Labute approximate surface area is 122 Å². The molecule has 1 aliphatic carbocycles. The van der Waals surface area contributed by atoms with Gasteiger partial charge in [-0.2, -0.15) is 0 Å². The largest absolute Gasteiger partial charge is 0.388 e. The van der Waals surface area contributed by atoms with E-state index in [4.69, 9.17) is 0 Å². The quantitative estimate of drug-likeness (QED) is 0.904. The lowest BCUT2D eigenvalue weighted by Gasteiger charge is -2.38. The summed E-state index contributed by atoms with van der Waals surface area (Å²) in [5.41, 5.74) is 2.31. The monoisotopic (exact) mass is 273 g/mol. The maximum atomic E-state index is 10.4. The van der Waals surface area contributed by atoms with Crippen molar-refractivity contribution in [3.8, 4) is 0 Å². The molecule has 0 radical (unpaired) electrons. The highest BCUT2D eigenvalue weighted by molar-refractivity contribution is 5.27. The van der Waals surface area contributed by atoms with Gasteiger partial charge in [0.15, 0.2) is 0 Å². The molecule has 0 aromatic heterocycles. The minimum absolute atomic E-state index is 0.307. The predicted octanol–water partition coefficient (Wildman–Crippen LogP) is 3.68. The summed E-state index contributed by atoms with van der Waals surface area (Å²) in [7, 11) is 0. The molecule has 1 N–H and O–H groups in total. The number of hydrogen-bond donors (Lipinski definition) is 1. The molecule has 3 atom stereocenters. The van der Waals surface area contributed by atoms with Crippen molar-refractivity contribution < 1.29 is 5.11 Å². The lowest BCUT2D eigenvalue weighted by atomic mass is 9.91. The molecule has 0 amide bonds. The summed E-state index contributed by atoms with van der Waals surface area (Å²) in [5, 5.41) is 10.4. The van der Waals surface area contributed by atoms with Crippen molar-refractivity contribution in [2.75, 3.05) is 13.1 Å². The second kappa shape index (κ2) is 6.28. The van der Waals surface area contributed by atoms with Crippen LogP contribution < -0.4 is 0 Å². The number of fused-ring (bicyclic) bond motifs is 1. The van der Waals surface area contributed by atoms with Gasteiger partial charge in [0.05, 0.1) is 6.10 Å². The highest BCUT2D eigenvalue weighted by Crippen LogP contribution is 2.37. The van der Waals surface area contributed by atoms with E-state index in [1.165, 1.54) is 44.2 Å². The van der Waals surface area contributed by atoms with E-state index in [2.05, 4.69) is 24.0 Å². The second-order valence-electron chi connectivity index (χ2n) is 6.60. The first-order valence-corrected chi connectivity index (χ1v) is 8.23. The first kappa shape index (κ1) is 14.1. The van der Waals surface area contributed by atoms with Crippen LogP contribution >= 0.6 is 0 Å². The normalized spacial score (nSPS) is 28.3. The number of aliphatic hydroxyl groups excluding tert-OH is 1. The number of nitrogens with zero attached hydrogens (tertiary/aromatic N) is 1. The first-order valence-electron chi connectivity index (χ1n) is 8.23. The molecule has 1 aromatic rings. The summed E-state index contributed by atoms with van der Waals surface area (Å²) in [6.07, 6.45) is 7.56. The Morgan fingerprint density at radius 1 is 1.20 bits per heavy atom. The van der Waals surface area contributed by atoms with Gasteiger partial charge in [0.25, 0.3) is 0 Å². The zero-order valence-electron chi connectivity index (χ0n) is 12.6. The van der Waals surface area contributed by atoms with E-state index in [1.54, 1.807) is 0 Å². The summed E-state index contributed by atoms with van der Waals surface area (Å²) in [6, 6.07) is 9.03. The number of likely N-dealkylation sites (tertiary alicyclic amines) is 1. The molecule has 3 rings (SSSR count). The fourth-order valence-corrected chi connectivity index (χ4v) is 4.24. The molecule has 0 spiro atoms. The highest BCUT2D eigenvalue weighted by atomic mass is 16.3. The Bertz CT molecular complexity index is 445. The summed E-state index contributed by atoms with van der Waals surface area (Å²) < 4.78 is 0. The van der Waals surface area contributed by atoms with E-state index < -0.39 is 0 Å². The summed E-state index contributed by atoms with van der Waals surface area (Å²) in [5.74, 6) is 0.944. The number of aliphatic hydroxyl groups is 1. The second-order valence-corrected chi connectivity index (χ2v) is 6.60. The van der Waals surface area contributed by atoms with Crippen molar-refractivity contribution in [3.05, 3.63) is 35.4 Å². The molecule has 1 aliphatic heterocycles. The molecule has 110 valence electrons. The zero-order chi connectivity index (χ0) is 13.9. The topological polar surface area (TPSA) is 23.5 Å². The Morgan fingerprint density at radius 2 is 2.00 bits per heavy atom. The number of rotatable bonds is 4. The average Bonchev–Trinajstić information content (AvgIpc) is 2.94. The molecule has 0 bridgehead atoms. The van der Waals surface area contributed by atoms with Crippen LogP contribution in [0.3, 0.4) is 0 Å². The maximum Gasteiger partial charge on any atom is 0.0804 e. The van der Waals surface area contributed by atoms with Crippen molar-refractivity contribution in [2.24, 2.45) is 5.92 Å². The predicted molar refractivity (Wildman–Crippen MR) is 82.7 cm³/mol. The molecule has 1 aromatic carbocycles. The molecule has 2 heteroatoms. The standard InChI is InChI=1S/C18H27NO/c1-14-6-2-3-9-16(14)18(20)11-13-19-12-5-8-15-7-4-10-17(15)19/h2-3,6,9,15,17-18,20H,4-5,7-8,10-13H2,1H3. The molecule has 3 unspecified atom stereocenters. The van der Waals surface area contributed by atoms with Gasteiger partial charge in [0.2, 0.25) is 0 Å². The Hall–Kier alpha value is -0.860. The van der Waals surface area contributed by atoms with Crippen LogP contribution in [0.5, 0.6) is 0 Å². The third kappa shape index (κ3) is 2.91. The molecule has 1 saturated carbocycles. The van der Waals surface area contributed by atoms with Gasteiger partial charge in [-0.05, 0) is 62.6 Å². The van der Waals surface area contributed by atoms with Gasteiger partial charge < -0.3 is 10.0 Å². The van der Waals surface area contributed by atoms with Crippen LogP contribution in [0.15, 0.2) is 24.3 Å². The van der Waals surface area contributed by atoms with E-state index in [-0.39, 0.29) is 6.10 Å². The smallest absolute Gasteiger partial charge is 0.0804 e. The maximum absolute atomic E-state index is 10.4. The third-order valence-electron chi connectivity index (χ3n) is 5.35. The molecule has 1 saturated heterocycles. The highest BCUT2D eigenvalue weighted by Gasteiger charge is 2.34. The van der Waals surface area contributed by atoms with Gasteiger partial charge in [0.1, 0.15) is 0 Å². The zero-order valence-corrected chi connectivity index (χ0v) is 12.6. The number of hydrogen-bond acceptors (Lipinski definition) is 2. The van der Waals surface area contributed by atoms with Gasteiger partial charge >= 0.3 is 0 Å². The fourth-order valence-electron chi connectivity index (χ4n) is 4.24. The van der Waals surface area contributed by atoms with Crippen molar-refractivity contribution in [1.29, 1.82) is 0 Å². The summed E-state index contributed by atoms with van der Waals surface area (Å²) >= 11 is 0. The molecule has 1 heterocycles. The van der Waals surface area contributed by atoms with Crippen LogP contribution in [0.2, 0.25) is 0 Å². The number of aryl methyl sites for hydroxylation is 1. The van der Waals surface area contributed by atoms with Crippen molar-refractivity contribution in [1.82, 2.24) is 4.90 Å². The van der Waals surface area contributed by atoms with Gasteiger partial charge in [-0.1, -0.05) is 30.7 Å². The third-order valence-corrected chi connectivity index (χ3v) is 5.35. The number of piperidine rings is 1. The van der Waals surface area contributed by atoms with E-state index in [0.717, 1.165) is 30.5 Å². The summed E-state index contributed by atoms with van der Waals surface area (Å²) in [4.78, 5) is 2.66. The summed E-state index contributed by atoms with van der Waals surface area (Å²) in [6.45, 7) is 4.38. The Kier molecular flexibility index (Phi) is 4.42. The van der Waals surface area contributed by atoms with Gasteiger partial charge in [-0.3, -0.25) is 0 Å². The minimum Gasteiger partial charge on any atom is -0.388 e. The van der Waals surface area contributed by atoms with Crippen LogP contribution in [0.1, 0.15) is 55.8 Å². The number of benzene rings is 1. The van der Waals surface area contributed by atoms with Crippen LogP contribution in [-0.2, 0) is 0 Å². The molecule has 2 nitrogen and oxygen atoms in total. The van der Waals surface area contributed by atoms with Crippen LogP contribution in [0.25, 0.3) is 0 Å². The fraction of sp³-hybridized carbons (Fsp3) is 0.667. The van der Waals surface area contributed by atoms with Gasteiger partial charge in [-0.25, -0.2) is 0 Å². The lowest BCUT2D eigenvalue weighted by molar-refractivity contribution is 0.0832. The SMILES string of the molecule is Cc1ccccc1C(O)CCN1CCCC2CCCC21. The van der Waals surface area contributed by atoms with E-state index in [0.29, 0.717) is 0 Å². The molecule has 20 heavy (non-hydrogen) atoms. The molecular formula is C18H27NO. The van der Waals surface area contributed by atoms with Gasteiger partial charge in [0, 0.05) is 12.6 Å². The lowest BCUT2D eigenvalue weighted by Crippen LogP contribution is -2.43. The minimum atomic E-state index is -0.307. The van der Waals surface area contributed by atoms with Crippen molar-refractivity contribution in [2.45, 2.75) is 57.6 Å². The van der Waals surface area contributed by atoms with E-state index >= 15 is 0 Å². The molecule has 2 aliphatic rings. The molecular weight excluding hydrogens is 246 g/mol. The van der Waals surface area contributed by atoms with Crippen LogP contribution in [-0.4, -0.2) is 29.1 Å². The van der Waals surface area contributed by atoms with Crippen molar-refractivity contribution >= 4 is 0 Å². The Balaban J connectivity index is 1.57. The molecule has 2 fully saturated rings. The van der Waals surface area contributed by atoms with Crippen molar-refractivity contribution in [3.63, 3.8) is 0 Å².